The number of hydrogen-bond acceptors (Lipinski definition) is 3. The standard InChI is InChI=1S/C19H26N2O/c1-13(12-19(2,3)4)20-18-17-14-8-6-7-9-15(14)22-16(17)10-11-21(18)5/h6-11,13,18,20H,12H2,1-5H3/t13-,18?/m1/s1. The highest BCUT2D eigenvalue weighted by atomic mass is 16.3. The molecular formula is C19H26N2O. The van der Waals surface area contributed by atoms with E-state index < -0.39 is 0 Å². The van der Waals surface area contributed by atoms with Crippen molar-refractivity contribution >= 4 is 17.0 Å². The Morgan fingerprint density at radius 3 is 2.73 bits per heavy atom. The number of furan rings is 1. The van der Waals surface area contributed by atoms with Crippen LogP contribution in [-0.4, -0.2) is 18.0 Å². The van der Waals surface area contributed by atoms with E-state index >= 15 is 0 Å². The van der Waals surface area contributed by atoms with E-state index in [0.29, 0.717) is 11.5 Å². The van der Waals surface area contributed by atoms with Crippen molar-refractivity contribution in [3.05, 3.63) is 41.8 Å². The van der Waals surface area contributed by atoms with Crippen LogP contribution in [-0.2, 0) is 0 Å². The Hall–Kier alpha value is -1.74. The summed E-state index contributed by atoms with van der Waals surface area (Å²) in [5, 5.41) is 4.98. The molecule has 2 heterocycles. The van der Waals surface area contributed by atoms with Gasteiger partial charge in [0.1, 0.15) is 17.5 Å². The number of benzene rings is 1. The Morgan fingerprint density at radius 2 is 2.00 bits per heavy atom. The van der Waals surface area contributed by atoms with Crippen LogP contribution in [0.15, 0.2) is 34.9 Å². The highest BCUT2D eigenvalue weighted by Crippen LogP contribution is 2.36. The average molecular weight is 298 g/mol. The molecule has 1 unspecified atom stereocenters. The Labute approximate surface area is 133 Å². The first-order valence-corrected chi connectivity index (χ1v) is 8.03. The van der Waals surface area contributed by atoms with Crippen LogP contribution in [0.1, 0.15) is 51.6 Å². The highest BCUT2D eigenvalue weighted by molar-refractivity contribution is 5.85. The molecule has 1 aliphatic heterocycles. The number of para-hydroxylation sites is 1. The molecule has 1 N–H and O–H groups in total. The third-order valence-corrected chi connectivity index (χ3v) is 4.17. The van der Waals surface area contributed by atoms with E-state index in [0.717, 1.165) is 17.8 Å². The lowest BCUT2D eigenvalue weighted by molar-refractivity contribution is 0.222. The van der Waals surface area contributed by atoms with E-state index in [1.165, 1.54) is 10.9 Å². The van der Waals surface area contributed by atoms with E-state index in [4.69, 9.17) is 4.42 Å². The largest absolute Gasteiger partial charge is 0.456 e. The van der Waals surface area contributed by atoms with Gasteiger partial charge in [0.05, 0.1) is 0 Å². The molecule has 0 aliphatic carbocycles. The normalized spacial score (nSPS) is 19.5. The molecule has 0 fully saturated rings. The number of fused-ring (bicyclic) bond motifs is 3. The summed E-state index contributed by atoms with van der Waals surface area (Å²) < 4.78 is 6.00. The lowest BCUT2D eigenvalue weighted by Gasteiger charge is -2.34. The molecule has 0 amide bonds. The summed E-state index contributed by atoms with van der Waals surface area (Å²) >= 11 is 0. The lowest BCUT2D eigenvalue weighted by atomic mass is 9.88. The Morgan fingerprint density at radius 1 is 1.27 bits per heavy atom. The molecule has 0 spiro atoms. The minimum atomic E-state index is 0.154. The Balaban J connectivity index is 1.94. The first-order valence-electron chi connectivity index (χ1n) is 8.03. The van der Waals surface area contributed by atoms with Gasteiger partial charge in [0.25, 0.3) is 0 Å². The van der Waals surface area contributed by atoms with Gasteiger partial charge in [-0.3, -0.25) is 5.32 Å². The van der Waals surface area contributed by atoms with Gasteiger partial charge < -0.3 is 9.32 Å². The molecule has 3 heteroatoms. The maximum Gasteiger partial charge on any atom is 0.136 e. The van der Waals surface area contributed by atoms with Crippen LogP contribution in [0.25, 0.3) is 17.0 Å². The molecule has 3 rings (SSSR count). The summed E-state index contributed by atoms with van der Waals surface area (Å²) in [4.78, 5) is 2.23. The van der Waals surface area contributed by atoms with Crippen molar-refractivity contribution in [2.45, 2.75) is 46.3 Å². The second-order valence-electron chi connectivity index (χ2n) is 7.59. The van der Waals surface area contributed by atoms with Gasteiger partial charge in [0.2, 0.25) is 0 Å². The number of nitrogens with zero attached hydrogens (tertiary/aromatic N) is 1. The van der Waals surface area contributed by atoms with Gasteiger partial charge in [-0.25, -0.2) is 0 Å². The van der Waals surface area contributed by atoms with Crippen LogP contribution in [0.3, 0.4) is 0 Å². The molecule has 22 heavy (non-hydrogen) atoms. The van der Waals surface area contributed by atoms with Crippen LogP contribution in [0, 0.1) is 5.41 Å². The summed E-state index contributed by atoms with van der Waals surface area (Å²) in [6, 6.07) is 8.72. The molecule has 0 saturated heterocycles. The van der Waals surface area contributed by atoms with Crippen molar-refractivity contribution in [3.63, 3.8) is 0 Å². The summed E-state index contributed by atoms with van der Waals surface area (Å²) in [5.41, 5.74) is 2.53. The highest BCUT2D eigenvalue weighted by Gasteiger charge is 2.28. The van der Waals surface area contributed by atoms with Crippen LogP contribution in [0.4, 0.5) is 0 Å². The summed E-state index contributed by atoms with van der Waals surface area (Å²) in [6.45, 7) is 9.12. The summed E-state index contributed by atoms with van der Waals surface area (Å²) in [5.74, 6) is 0.972. The molecule has 1 aromatic heterocycles. The van der Waals surface area contributed by atoms with Gasteiger partial charge in [-0.15, -0.1) is 0 Å². The molecule has 2 atom stereocenters. The molecule has 0 radical (unpaired) electrons. The van der Waals surface area contributed by atoms with Gasteiger partial charge >= 0.3 is 0 Å². The van der Waals surface area contributed by atoms with E-state index in [1.54, 1.807) is 0 Å². The molecule has 118 valence electrons. The van der Waals surface area contributed by atoms with E-state index in [9.17, 15) is 0 Å². The number of hydrogen-bond donors (Lipinski definition) is 1. The minimum absolute atomic E-state index is 0.154. The summed E-state index contributed by atoms with van der Waals surface area (Å²) in [6.07, 6.45) is 5.43. The fraction of sp³-hybridized carbons (Fsp3) is 0.474. The van der Waals surface area contributed by atoms with Gasteiger partial charge in [0, 0.05) is 30.2 Å². The van der Waals surface area contributed by atoms with Crippen LogP contribution in [0.5, 0.6) is 0 Å². The number of rotatable bonds is 3. The Bertz CT molecular complexity index is 693. The van der Waals surface area contributed by atoms with Crippen LogP contribution >= 0.6 is 0 Å². The molecular weight excluding hydrogens is 272 g/mol. The van der Waals surface area contributed by atoms with Crippen molar-refractivity contribution < 1.29 is 4.42 Å². The predicted molar refractivity (Wildman–Crippen MR) is 92.4 cm³/mol. The maximum absolute atomic E-state index is 6.00. The van der Waals surface area contributed by atoms with Gasteiger partial charge in [-0.1, -0.05) is 39.0 Å². The first kappa shape index (κ1) is 15.2. The lowest BCUT2D eigenvalue weighted by Crippen LogP contribution is -2.41. The zero-order chi connectivity index (χ0) is 15.9. The third kappa shape index (κ3) is 2.91. The quantitative estimate of drug-likeness (QED) is 0.885. The average Bonchev–Trinajstić information content (AvgIpc) is 2.78. The molecule has 3 nitrogen and oxygen atoms in total. The SMILES string of the molecule is C[C@H](CC(C)(C)C)NC1c2c(oc3ccccc23)C=CN1C. The molecule has 0 saturated carbocycles. The molecule has 0 bridgehead atoms. The zero-order valence-electron chi connectivity index (χ0n) is 14.2. The topological polar surface area (TPSA) is 28.4 Å². The Kier molecular flexibility index (Phi) is 3.77. The fourth-order valence-corrected chi connectivity index (χ4v) is 3.41. The zero-order valence-corrected chi connectivity index (χ0v) is 14.2. The van der Waals surface area contributed by atoms with Crippen molar-refractivity contribution in [1.29, 1.82) is 0 Å². The van der Waals surface area contributed by atoms with Crippen molar-refractivity contribution in [3.8, 4) is 0 Å². The van der Waals surface area contributed by atoms with Crippen LogP contribution in [0.2, 0.25) is 0 Å². The first-order chi connectivity index (χ1) is 10.3. The van der Waals surface area contributed by atoms with E-state index in [-0.39, 0.29) is 6.17 Å². The maximum atomic E-state index is 6.00. The second kappa shape index (κ2) is 5.47. The van der Waals surface area contributed by atoms with E-state index in [1.807, 2.05) is 12.1 Å². The van der Waals surface area contributed by atoms with Crippen molar-refractivity contribution in [1.82, 2.24) is 10.2 Å². The van der Waals surface area contributed by atoms with Gasteiger partial charge in [0.15, 0.2) is 0 Å². The minimum Gasteiger partial charge on any atom is -0.456 e. The molecule has 2 aromatic rings. The van der Waals surface area contributed by atoms with Crippen molar-refractivity contribution in [2.24, 2.45) is 5.41 Å². The van der Waals surface area contributed by atoms with Crippen LogP contribution < -0.4 is 5.32 Å². The molecule has 1 aromatic carbocycles. The monoisotopic (exact) mass is 298 g/mol. The summed E-state index contributed by atoms with van der Waals surface area (Å²) in [7, 11) is 2.11. The predicted octanol–water partition coefficient (Wildman–Crippen LogP) is 4.76. The molecule has 1 aliphatic rings. The third-order valence-electron chi connectivity index (χ3n) is 4.17. The number of nitrogens with one attached hydrogen (secondary N) is 1. The fourth-order valence-electron chi connectivity index (χ4n) is 3.41. The van der Waals surface area contributed by atoms with Gasteiger partial charge in [-0.05, 0) is 30.9 Å². The van der Waals surface area contributed by atoms with Crippen molar-refractivity contribution in [2.75, 3.05) is 7.05 Å². The second-order valence-corrected chi connectivity index (χ2v) is 7.59. The van der Waals surface area contributed by atoms with E-state index in [2.05, 4.69) is 69.4 Å². The smallest absolute Gasteiger partial charge is 0.136 e. The van der Waals surface area contributed by atoms with Gasteiger partial charge in [-0.2, -0.15) is 0 Å².